The average Bonchev–Trinajstić information content (AvgIpc) is 3.36. The monoisotopic (exact) mass is 498 g/mol. The Hall–Kier alpha value is -2.28. The lowest BCUT2D eigenvalue weighted by Gasteiger charge is -2.44. The van der Waals surface area contributed by atoms with Gasteiger partial charge in [0.25, 0.3) is 0 Å². The second-order valence-electron chi connectivity index (χ2n) is 10.2. The number of aromatic nitrogens is 3. The Balaban J connectivity index is 1.37. The number of fused-ring (bicyclic) bond motifs is 2. The van der Waals surface area contributed by atoms with Gasteiger partial charge in [0.05, 0.1) is 13.2 Å². The molecule has 35 heavy (non-hydrogen) atoms. The van der Waals surface area contributed by atoms with Gasteiger partial charge in [0.1, 0.15) is 24.2 Å². The molecule has 2 aromatic rings. The first kappa shape index (κ1) is 24.4. The van der Waals surface area contributed by atoms with Crippen molar-refractivity contribution < 1.29 is 37.3 Å². The Bertz CT molecular complexity index is 1090. The van der Waals surface area contributed by atoms with Gasteiger partial charge < -0.3 is 19.3 Å². The highest BCUT2D eigenvalue weighted by molar-refractivity contribution is 5.75. The van der Waals surface area contributed by atoms with Crippen LogP contribution >= 0.6 is 0 Å². The van der Waals surface area contributed by atoms with E-state index in [0.29, 0.717) is 24.9 Å². The maximum atomic E-state index is 13.5. The van der Waals surface area contributed by atoms with Crippen LogP contribution in [0.4, 0.5) is 13.2 Å². The summed E-state index contributed by atoms with van der Waals surface area (Å²) in [5, 5.41) is 9.69. The normalized spacial score (nSPS) is 32.2. The molecule has 4 heterocycles. The van der Waals surface area contributed by atoms with Gasteiger partial charge >= 0.3 is 12.1 Å². The van der Waals surface area contributed by atoms with Crippen molar-refractivity contribution in [1.29, 1.82) is 0 Å². The zero-order chi connectivity index (χ0) is 25.0. The van der Waals surface area contributed by atoms with Gasteiger partial charge in [0.15, 0.2) is 5.79 Å². The fraction of sp³-hybridized carbons (Fsp3) is 0.696. The van der Waals surface area contributed by atoms with E-state index in [9.17, 15) is 18.0 Å². The molecule has 3 fully saturated rings. The third-order valence-electron chi connectivity index (χ3n) is 7.17. The van der Waals surface area contributed by atoms with E-state index in [1.807, 2.05) is 16.8 Å². The van der Waals surface area contributed by atoms with Gasteiger partial charge in [-0.15, -0.1) is 0 Å². The Morgan fingerprint density at radius 2 is 2.11 bits per heavy atom. The van der Waals surface area contributed by atoms with Gasteiger partial charge in [0, 0.05) is 36.8 Å². The van der Waals surface area contributed by atoms with E-state index in [-0.39, 0.29) is 31.5 Å². The molecule has 0 radical (unpaired) electrons. The fourth-order valence-electron chi connectivity index (χ4n) is 5.65. The van der Waals surface area contributed by atoms with Crippen LogP contribution in [0.3, 0.4) is 0 Å². The summed E-state index contributed by atoms with van der Waals surface area (Å²) in [7, 11) is 0. The predicted molar refractivity (Wildman–Crippen MR) is 116 cm³/mol. The van der Waals surface area contributed by atoms with Crippen LogP contribution in [0.1, 0.15) is 39.5 Å². The Kier molecular flexibility index (Phi) is 6.06. The summed E-state index contributed by atoms with van der Waals surface area (Å²) in [5.74, 6) is -1.74. The summed E-state index contributed by atoms with van der Waals surface area (Å²) < 4.78 is 60.9. The molecule has 0 bridgehead atoms. The van der Waals surface area contributed by atoms with Gasteiger partial charge in [-0.05, 0) is 45.1 Å². The van der Waals surface area contributed by atoms with E-state index >= 15 is 0 Å². The van der Waals surface area contributed by atoms with E-state index in [1.54, 1.807) is 20.0 Å². The molecule has 1 N–H and O–H groups in total. The number of ether oxygens (including phenoxy) is 3. The van der Waals surface area contributed by atoms with Gasteiger partial charge in [-0.2, -0.15) is 13.2 Å². The molecule has 0 amide bonds. The van der Waals surface area contributed by atoms with E-state index in [1.165, 1.54) is 11.2 Å². The van der Waals surface area contributed by atoms with E-state index < -0.39 is 42.4 Å². The Morgan fingerprint density at radius 3 is 2.83 bits per heavy atom. The van der Waals surface area contributed by atoms with Gasteiger partial charge in [-0.3, -0.25) is 14.3 Å². The quantitative estimate of drug-likeness (QED) is 0.593. The van der Waals surface area contributed by atoms with Crippen molar-refractivity contribution in [1.82, 2.24) is 19.4 Å². The fourth-order valence-corrected chi connectivity index (χ4v) is 5.65. The van der Waals surface area contributed by atoms with E-state index in [4.69, 9.17) is 19.3 Å². The van der Waals surface area contributed by atoms with Crippen molar-refractivity contribution >= 4 is 17.0 Å². The summed E-state index contributed by atoms with van der Waals surface area (Å²) in [6.45, 7) is 2.61. The number of carboxylic acid groups (broad SMARTS) is 1. The predicted octanol–water partition coefficient (Wildman–Crippen LogP) is 3.14. The number of aliphatic carboxylic acids is 1. The number of nitrogens with zero attached hydrogens (tertiary/aromatic N) is 4. The van der Waals surface area contributed by atoms with E-state index in [0.717, 1.165) is 5.39 Å². The third-order valence-corrected chi connectivity index (χ3v) is 7.17. The molecule has 2 aliphatic heterocycles. The molecule has 1 aliphatic carbocycles. The SMILES string of the molecule is CC1(C)OC2C(CN(CC(F)(F)F)C3CC(CCC(=O)O)C3)OCC2(n2ccc3cncnc32)O1. The zero-order valence-corrected chi connectivity index (χ0v) is 19.6. The molecule has 5 rings (SSSR count). The van der Waals surface area contributed by atoms with Gasteiger partial charge in [-0.25, -0.2) is 9.97 Å². The Labute approximate surface area is 200 Å². The molecule has 12 heteroatoms. The summed E-state index contributed by atoms with van der Waals surface area (Å²) in [5.41, 5.74) is -0.444. The molecular formula is C23H29F3N4O5. The number of carboxylic acids is 1. The second kappa shape index (κ2) is 8.68. The minimum absolute atomic E-state index is 0.0237. The molecule has 3 unspecified atom stereocenters. The lowest BCUT2D eigenvalue weighted by Crippen LogP contribution is -2.53. The number of rotatable bonds is 8. The van der Waals surface area contributed by atoms with Crippen molar-refractivity contribution in [2.75, 3.05) is 19.7 Å². The van der Waals surface area contributed by atoms with Crippen LogP contribution in [0.25, 0.3) is 11.0 Å². The van der Waals surface area contributed by atoms with Crippen molar-refractivity contribution in [3.05, 3.63) is 24.8 Å². The third kappa shape index (κ3) is 4.76. The molecule has 2 saturated heterocycles. The highest BCUT2D eigenvalue weighted by Crippen LogP contribution is 2.48. The highest BCUT2D eigenvalue weighted by Gasteiger charge is 2.63. The summed E-state index contributed by atoms with van der Waals surface area (Å²) >= 11 is 0. The molecule has 192 valence electrons. The minimum atomic E-state index is -4.37. The Morgan fingerprint density at radius 1 is 1.34 bits per heavy atom. The van der Waals surface area contributed by atoms with Crippen LogP contribution in [-0.2, 0) is 24.7 Å². The maximum Gasteiger partial charge on any atom is 0.401 e. The smallest absolute Gasteiger partial charge is 0.401 e. The van der Waals surface area contributed by atoms with Crippen LogP contribution in [-0.4, -0.2) is 80.4 Å². The standard InChI is InChI=1S/C23H29F3N4O5/c1-21(2)34-19-17(10-29(11-23(24,25)26)16-7-14(8-16)3-4-18(31)32)33-12-22(19,35-21)30-6-5-15-9-27-13-28-20(15)30/h5-6,9,13-14,16-17,19H,3-4,7-8,10-12H2,1-2H3,(H,31,32). The van der Waals surface area contributed by atoms with Crippen molar-refractivity contribution in [3.8, 4) is 0 Å². The van der Waals surface area contributed by atoms with Crippen LogP contribution in [0, 0.1) is 5.92 Å². The molecule has 3 atom stereocenters. The van der Waals surface area contributed by atoms with Crippen LogP contribution in [0.2, 0.25) is 0 Å². The highest BCUT2D eigenvalue weighted by atomic mass is 19.4. The lowest BCUT2D eigenvalue weighted by molar-refractivity contribution is -0.208. The van der Waals surface area contributed by atoms with Crippen LogP contribution < -0.4 is 0 Å². The number of alkyl halides is 3. The first-order valence-corrected chi connectivity index (χ1v) is 11.8. The topological polar surface area (TPSA) is 98.9 Å². The number of hydrogen-bond donors (Lipinski definition) is 1. The molecule has 3 aliphatic rings. The van der Waals surface area contributed by atoms with Crippen LogP contribution in [0.5, 0.6) is 0 Å². The van der Waals surface area contributed by atoms with Crippen LogP contribution in [0.15, 0.2) is 24.8 Å². The molecule has 9 nitrogen and oxygen atoms in total. The lowest BCUT2D eigenvalue weighted by atomic mass is 9.76. The van der Waals surface area contributed by atoms with Crippen molar-refractivity contribution in [2.45, 2.75) is 75.5 Å². The molecule has 0 aromatic carbocycles. The zero-order valence-electron chi connectivity index (χ0n) is 19.6. The maximum absolute atomic E-state index is 13.5. The molecule has 0 spiro atoms. The molecule has 2 aromatic heterocycles. The van der Waals surface area contributed by atoms with Crippen molar-refractivity contribution in [3.63, 3.8) is 0 Å². The van der Waals surface area contributed by atoms with Gasteiger partial charge in [-0.1, -0.05) is 0 Å². The molecule has 1 saturated carbocycles. The summed E-state index contributed by atoms with van der Waals surface area (Å²) in [6.07, 6.45) is 0.825. The summed E-state index contributed by atoms with van der Waals surface area (Å²) in [4.78, 5) is 20.7. The second-order valence-corrected chi connectivity index (χ2v) is 10.2. The van der Waals surface area contributed by atoms with Gasteiger partial charge in [0.2, 0.25) is 5.72 Å². The minimum Gasteiger partial charge on any atom is -0.481 e. The average molecular weight is 499 g/mol. The van der Waals surface area contributed by atoms with Crippen molar-refractivity contribution in [2.24, 2.45) is 5.92 Å². The first-order chi connectivity index (χ1) is 16.5. The number of carbonyl (C=O) groups is 1. The van der Waals surface area contributed by atoms with E-state index in [2.05, 4.69) is 9.97 Å². The largest absolute Gasteiger partial charge is 0.481 e. The number of halogens is 3. The number of hydrogen-bond acceptors (Lipinski definition) is 7. The molecular weight excluding hydrogens is 469 g/mol. The first-order valence-electron chi connectivity index (χ1n) is 11.8. The summed E-state index contributed by atoms with van der Waals surface area (Å²) in [6, 6.07) is 1.56.